The van der Waals surface area contributed by atoms with Crippen LogP contribution in [0, 0.1) is 0 Å². The van der Waals surface area contributed by atoms with Crippen LogP contribution in [-0.4, -0.2) is 31.0 Å². The van der Waals surface area contributed by atoms with Crippen molar-refractivity contribution in [2.75, 3.05) is 6.54 Å². The zero-order chi connectivity index (χ0) is 17.0. The second kappa shape index (κ2) is 7.90. The largest absolute Gasteiger partial charge is 0.501 e. The van der Waals surface area contributed by atoms with Gasteiger partial charge in [0, 0.05) is 25.0 Å². The zero-order valence-corrected chi connectivity index (χ0v) is 15.1. The summed E-state index contributed by atoms with van der Waals surface area (Å²) in [6.07, 6.45) is 1.87. The van der Waals surface area contributed by atoms with Crippen molar-refractivity contribution in [1.82, 2.24) is 9.71 Å². The first kappa shape index (κ1) is 17.9. The van der Waals surface area contributed by atoms with E-state index in [1.165, 1.54) is 18.3 Å². The first-order valence-electron chi connectivity index (χ1n) is 6.36. The number of alkyl halides is 1. The Balaban J connectivity index is 2.32. The number of nitrogens with one attached hydrogen (secondary N) is 1. The monoisotopic (exact) mass is 424 g/mol. The topological polar surface area (TPSA) is 119 Å². The van der Waals surface area contributed by atoms with Crippen LogP contribution in [0.1, 0.15) is 23.9 Å². The third-order valence-corrected chi connectivity index (χ3v) is 4.79. The minimum atomic E-state index is -2.70. The van der Waals surface area contributed by atoms with Gasteiger partial charge < -0.3 is 14.3 Å². The molecular weight excluding hydrogens is 412 g/mol. The van der Waals surface area contributed by atoms with E-state index in [4.69, 9.17) is 9.15 Å². The molecule has 0 aromatic carbocycles. The summed E-state index contributed by atoms with van der Waals surface area (Å²) in [6, 6.07) is 0. The number of hydrogen-bond acceptors (Lipinski definition) is 8. The third-order valence-electron chi connectivity index (χ3n) is 2.66. The molecule has 2 aromatic rings. The second-order valence-electron chi connectivity index (χ2n) is 4.33. The summed E-state index contributed by atoms with van der Waals surface area (Å²) in [5.41, 5.74) is 0. The van der Waals surface area contributed by atoms with E-state index in [9.17, 15) is 18.3 Å². The number of ether oxygens (including phenoxy) is 1. The van der Waals surface area contributed by atoms with Crippen LogP contribution in [0.2, 0.25) is 0 Å². The van der Waals surface area contributed by atoms with E-state index in [-0.39, 0.29) is 29.6 Å². The quantitative estimate of drug-likeness (QED) is 0.353. The van der Waals surface area contributed by atoms with Crippen molar-refractivity contribution in [2.24, 2.45) is 0 Å². The number of esters is 1. The van der Waals surface area contributed by atoms with Crippen molar-refractivity contribution in [3.8, 4) is 22.3 Å². The fourth-order valence-electron chi connectivity index (χ4n) is 1.77. The van der Waals surface area contributed by atoms with Crippen molar-refractivity contribution in [1.29, 1.82) is 0 Å². The number of aromatic hydroxyl groups is 1. The lowest BCUT2D eigenvalue weighted by Crippen LogP contribution is -2.14. The van der Waals surface area contributed by atoms with Crippen LogP contribution >= 0.6 is 27.3 Å². The van der Waals surface area contributed by atoms with Gasteiger partial charge in [0.2, 0.25) is 28.1 Å². The van der Waals surface area contributed by atoms with Gasteiger partial charge in [-0.3, -0.25) is 4.79 Å². The molecule has 8 nitrogen and oxygen atoms in total. The minimum absolute atomic E-state index is 0.0959. The molecule has 0 spiro atoms. The highest BCUT2D eigenvalue weighted by atomic mass is 79.9. The van der Waals surface area contributed by atoms with E-state index >= 15 is 0 Å². The van der Waals surface area contributed by atoms with Crippen LogP contribution in [0.3, 0.4) is 0 Å². The normalized spacial score (nSPS) is 12.5. The fraction of sp³-hybridized carbons (Fsp3) is 0.333. The molecular formula is C12H13BrN2O6S2. The number of carbonyl (C=O) groups excluding carboxylic acids is 1. The van der Waals surface area contributed by atoms with Gasteiger partial charge in [0.15, 0.2) is 10.8 Å². The summed E-state index contributed by atoms with van der Waals surface area (Å²) >= 11 is 4.59. The summed E-state index contributed by atoms with van der Waals surface area (Å²) in [5, 5.41) is 12.4. The third kappa shape index (κ3) is 4.53. The molecule has 2 heterocycles. The molecule has 0 radical (unpaired) electrons. The lowest BCUT2D eigenvalue weighted by atomic mass is 10.2. The number of rotatable bonds is 7. The molecule has 0 saturated heterocycles. The molecule has 11 heteroatoms. The van der Waals surface area contributed by atoms with E-state index < -0.39 is 21.7 Å². The van der Waals surface area contributed by atoms with Crippen molar-refractivity contribution >= 4 is 44.1 Å². The van der Waals surface area contributed by atoms with Crippen molar-refractivity contribution in [3.05, 3.63) is 17.3 Å². The average Bonchev–Trinajstić information content (AvgIpc) is 3.07. The van der Waals surface area contributed by atoms with Crippen molar-refractivity contribution < 1.29 is 27.5 Å². The van der Waals surface area contributed by atoms with Crippen molar-refractivity contribution in [2.45, 2.75) is 18.2 Å². The predicted molar refractivity (Wildman–Crippen MR) is 87.4 cm³/mol. The molecule has 126 valence electrons. The molecule has 0 bridgehead atoms. The van der Waals surface area contributed by atoms with E-state index in [1.54, 1.807) is 11.6 Å². The van der Waals surface area contributed by atoms with Crippen LogP contribution in [-0.2, 0) is 15.7 Å². The van der Waals surface area contributed by atoms with E-state index in [0.29, 0.717) is 11.4 Å². The maximum atomic E-state index is 11.2. The zero-order valence-electron chi connectivity index (χ0n) is 11.8. The highest BCUT2D eigenvalue weighted by Crippen LogP contribution is 2.48. The molecule has 0 saturated carbocycles. The Morgan fingerprint density at radius 1 is 1.61 bits per heavy atom. The molecule has 23 heavy (non-hydrogen) atoms. The number of halogens is 1. The summed E-state index contributed by atoms with van der Waals surface area (Å²) in [4.78, 5) is 14.8. The molecule has 0 aliphatic carbocycles. The SMILES string of the molecule is CC(=O)Oc1c(C(Br)CCN[SH](=O)=O)oc(-c2nccs2)c1O. The molecule has 2 N–H and O–H groups in total. The molecule has 0 amide bonds. The van der Waals surface area contributed by atoms with E-state index in [0.717, 1.165) is 0 Å². The van der Waals surface area contributed by atoms with Crippen LogP contribution in [0.4, 0.5) is 0 Å². The Kier molecular flexibility index (Phi) is 6.16. The van der Waals surface area contributed by atoms with Gasteiger partial charge in [0.1, 0.15) is 0 Å². The van der Waals surface area contributed by atoms with Crippen LogP contribution in [0.15, 0.2) is 16.0 Å². The summed E-state index contributed by atoms with van der Waals surface area (Å²) < 4.78 is 33.9. The Morgan fingerprint density at radius 3 is 2.91 bits per heavy atom. The number of aromatic nitrogens is 1. The Morgan fingerprint density at radius 2 is 2.35 bits per heavy atom. The summed E-state index contributed by atoms with van der Waals surface area (Å²) in [7, 11) is -2.70. The van der Waals surface area contributed by atoms with Gasteiger partial charge in [0.05, 0.1) is 4.83 Å². The number of thiol groups is 1. The standard InChI is InChI=1S/C12H13BrN2O6S2/c1-6(16)20-10-8(17)11(12-14-4-5-22-12)21-9(10)7(13)2-3-15-23(18)19/h4-5,7,17,23H,2-3H2,1H3,(H,15,18,19). The maximum absolute atomic E-state index is 11.2. The fourth-order valence-corrected chi connectivity index (χ4v) is 3.23. The van der Waals surface area contributed by atoms with Gasteiger partial charge in [-0.1, -0.05) is 15.9 Å². The molecule has 0 aliphatic rings. The first-order chi connectivity index (χ1) is 10.9. The first-order valence-corrected chi connectivity index (χ1v) is 9.33. The smallest absolute Gasteiger partial charge is 0.308 e. The number of furan rings is 1. The highest BCUT2D eigenvalue weighted by molar-refractivity contribution is 9.09. The van der Waals surface area contributed by atoms with Crippen molar-refractivity contribution in [3.63, 3.8) is 0 Å². The molecule has 1 atom stereocenters. The van der Waals surface area contributed by atoms with E-state index in [2.05, 4.69) is 25.6 Å². The maximum Gasteiger partial charge on any atom is 0.308 e. The molecule has 2 rings (SSSR count). The Hall–Kier alpha value is -1.43. The Bertz CT molecular complexity index is 748. The predicted octanol–water partition coefficient (Wildman–Crippen LogP) is 1.98. The van der Waals surface area contributed by atoms with Gasteiger partial charge in [-0.05, 0) is 6.42 Å². The number of hydrogen-bond donors (Lipinski definition) is 3. The van der Waals surface area contributed by atoms with Gasteiger partial charge in [-0.15, -0.1) is 11.3 Å². The molecule has 1 unspecified atom stereocenters. The van der Waals surface area contributed by atoms with E-state index in [1.807, 2.05) is 0 Å². The summed E-state index contributed by atoms with van der Waals surface area (Å²) in [6.45, 7) is 1.36. The Labute approximate surface area is 145 Å². The molecule has 0 fully saturated rings. The minimum Gasteiger partial charge on any atom is -0.501 e. The summed E-state index contributed by atoms with van der Waals surface area (Å²) in [5.74, 6) is -0.758. The lowest BCUT2D eigenvalue weighted by Gasteiger charge is -2.08. The van der Waals surface area contributed by atoms with Gasteiger partial charge in [-0.25, -0.2) is 18.1 Å². The molecule has 0 aliphatic heterocycles. The van der Waals surface area contributed by atoms with Gasteiger partial charge >= 0.3 is 5.97 Å². The van der Waals surface area contributed by atoms with Crippen LogP contribution in [0.5, 0.6) is 11.5 Å². The molecule has 2 aromatic heterocycles. The van der Waals surface area contributed by atoms with Crippen LogP contribution < -0.4 is 9.46 Å². The van der Waals surface area contributed by atoms with Crippen LogP contribution in [0.25, 0.3) is 10.8 Å². The average molecular weight is 425 g/mol. The lowest BCUT2D eigenvalue weighted by molar-refractivity contribution is -0.132. The van der Waals surface area contributed by atoms with Gasteiger partial charge in [-0.2, -0.15) is 0 Å². The number of nitrogens with zero attached hydrogens (tertiary/aromatic N) is 1. The second-order valence-corrected chi connectivity index (χ2v) is 7.16. The number of thiazole rings is 1. The highest BCUT2D eigenvalue weighted by Gasteiger charge is 2.29. The number of carbonyl (C=O) groups is 1. The van der Waals surface area contributed by atoms with Gasteiger partial charge in [0.25, 0.3) is 0 Å².